The van der Waals surface area contributed by atoms with Crippen LogP contribution >= 0.6 is 22.6 Å². The van der Waals surface area contributed by atoms with E-state index in [9.17, 15) is 4.21 Å². The minimum absolute atomic E-state index is 0.0160. The first-order chi connectivity index (χ1) is 17.2. The Hall–Kier alpha value is -1.64. The van der Waals surface area contributed by atoms with Crippen LogP contribution in [0.3, 0.4) is 0 Å². The zero-order valence-corrected chi connectivity index (χ0v) is 24.0. The van der Waals surface area contributed by atoms with Gasteiger partial charge >= 0.3 is 0 Å². The predicted octanol–water partition coefficient (Wildman–Crippen LogP) is 3.72. The second-order valence-corrected chi connectivity index (χ2v) is 14.2. The van der Waals surface area contributed by atoms with Crippen LogP contribution in [0.1, 0.15) is 70.8 Å². The van der Waals surface area contributed by atoms with Gasteiger partial charge in [-0.25, -0.2) is 23.6 Å². The Labute approximate surface area is 227 Å². The van der Waals surface area contributed by atoms with Crippen LogP contribution in [0, 0.1) is 9.12 Å². The monoisotopic (exact) mass is 624 g/mol. The maximum absolute atomic E-state index is 13.1. The summed E-state index contributed by atoms with van der Waals surface area (Å²) in [6, 6.07) is 2.08. The Bertz CT molecular complexity index is 1290. The SMILES string of the molecule is CC(C)(C)[S@@](=O)N[C@@H]1c2ccnn2CC12CCN(c1cnc3c(I)nn(C4CCCCO4)c3n1)CC2. The highest BCUT2D eigenvalue weighted by Crippen LogP contribution is 2.49. The van der Waals surface area contributed by atoms with Crippen LogP contribution in [-0.4, -0.2) is 58.2 Å². The van der Waals surface area contributed by atoms with E-state index < -0.39 is 11.0 Å². The summed E-state index contributed by atoms with van der Waals surface area (Å²) in [5, 5.41) is 9.27. The van der Waals surface area contributed by atoms with Crippen LogP contribution in [0.4, 0.5) is 5.82 Å². The van der Waals surface area contributed by atoms with Gasteiger partial charge in [-0.1, -0.05) is 0 Å². The number of hydrogen-bond donors (Lipinski definition) is 1. The third kappa shape index (κ3) is 4.27. The third-order valence-corrected chi connectivity index (χ3v) is 10.1. The highest BCUT2D eigenvalue weighted by Gasteiger charge is 2.50. The van der Waals surface area contributed by atoms with Crippen molar-refractivity contribution in [3.05, 3.63) is 27.9 Å². The van der Waals surface area contributed by atoms with E-state index in [1.807, 2.05) is 37.8 Å². The lowest BCUT2D eigenvalue weighted by atomic mass is 9.73. The highest BCUT2D eigenvalue weighted by molar-refractivity contribution is 14.1. The quantitative estimate of drug-likeness (QED) is 0.442. The molecule has 0 bridgehead atoms. The molecule has 12 heteroatoms. The molecule has 10 nitrogen and oxygen atoms in total. The van der Waals surface area contributed by atoms with Crippen molar-refractivity contribution in [3.8, 4) is 0 Å². The number of aromatic nitrogens is 6. The molecule has 6 rings (SSSR count). The number of hydrogen-bond acceptors (Lipinski definition) is 7. The normalized spacial score (nSPS) is 24.9. The predicted molar refractivity (Wildman–Crippen MR) is 147 cm³/mol. The average Bonchev–Trinajstić information content (AvgIpc) is 3.53. The molecule has 6 heterocycles. The molecule has 3 aromatic heterocycles. The summed E-state index contributed by atoms with van der Waals surface area (Å²) in [5.41, 5.74) is 2.74. The number of piperidine rings is 1. The molecular formula is C24H33IN8O2S. The van der Waals surface area contributed by atoms with Crippen molar-refractivity contribution < 1.29 is 8.95 Å². The van der Waals surface area contributed by atoms with E-state index in [2.05, 4.69) is 48.1 Å². The number of ether oxygens (including phenoxy) is 1. The van der Waals surface area contributed by atoms with Gasteiger partial charge in [0.05, 0.1) is 33.7 Å². The fraction of sp³-hybridized carbons (Fsp3) is 0.667. The molecule has 0 aromatic carbocycles. The Balaban J connectivity index is 1.24. The topological polar surface area (TPSA) is 103 Å². The standard InChI is InChI=1S/C24H33IN8O2S/c1-23(2,3)36(34)30-20-16-7-10-27-32(16)15-24(20)8-11-31(12-9-24)17-14-26-19-21(25)29-33(22(19)28-17)18-6-4-5-13-35-18/h7,10,14,18,20,30H,4-6,8-9,11-13,15H2,1-3H3/t18?,20-,36-/m1/s1. The van der Waals surface area contributed by atoms with Crippen molar-refractivity contribution in [2.45, 2.75) is 76.4 Å². The van der Waals surface area contributed by atoms with E-state index in [0.29, 0.717) is 0 Å². The fourth-order valence-electron chi connectivity index (χ4n) is 5.66. The summed E-state index contributed by atoms with van der Waals surface area (Å²) in [5.74, 6) is 0.879. The lowest BCUT2D eigenvalue weighted by Crippen LogP contribution is -2.48. The van der Waals surface area contributed by atoms with Crippen LogP contribution < -0.4 is 9.62 Å². The molecule has 3 aliphatic rings. The largest absolute Gasteiger partial charge is 0.356 e. The van der Waals surface area contributed by atoms with Crippen LogP contribution in [0.5, 0.6) is 0 Å². The molecule has 0 radical (unpaired) electrons. The van der Waals surface area contributed by atoms with Gasteiger partial charge in [-0.3, -0.25) is 4.68 Å². The molecule has 1 unspecified atom stereocenters. The number of rotatable bonds is 4. The first kappa shape index (κ1) is 24.7. The minimum Gasteiger partial charge on any atom is -0.356 e. The zero-order valence-electron chi connectivity index (χ0n) is 21.0. The third-order valence-electron chi connectivity index (χ3n) is 7.76. The van der Waals surface area contributed by atoms with Crippen molar-refractivity contribution in [1.82, 2.24) is 34.3 Å². The van der Waals surface area contributed by atoms with E-state index in [-0.39, 0.29) is 22.4 Å². The molecule has 3 aliphatic heterocycles. The number of anilines is 1. The van der Waals surface area contributed by atoms with Gasteiger partial charge in [0.2, 0.25) is 0 Å². The molecule has 0 aliphatic carbocycles. The number of halogens is 1. The van der Waals surface area contributed by atoms with Gasteiger partial charge in [0.15, 0.2) is 15.6 Å². The lowest BCUT2D eigenvalue weighted by Gasteiger charge is -2.43. The van der Waals surface area contributed by atoms with Crippen LogP contribution in [0.15, 0.2) is 18.5 Å². The fourth-order valence-corrected chi connectivity index (χ4v) is 7.21. The van der Waals surface area contributed by atoms with Crippen LogP contribution in [0.2, 0.25) is 0 Å². The van der Waals surface area contributed by atoms with Gasteiger partial charge in [-0.05, 0) is 81.5 Å². The second kappa shape index (κ2) is 9.28. The summed E-state index contributed by atoms with van der Waals surface area (Å²) in [4.78, 5) is 12.1. The zero-order chi connectivity index (χ0) is 25.1. The lowest BCUT2D eigenvalue weighted by molar-refractivity contribution is -0.0372. The van der Waals surface area contributed by atoms with E-state index in [1.54, 1.807) is 0 Å². The van der Waals surface area contributed by atoms with Gasteiger partial charge in [0.1, 0.15) is 11.3 Å². The summed E-state index contributed by atoms with van der Waals surface area (Å²) in [7, 11) is -1.16. The first-order valence-corrected chi connectivity index (χ1v) is 15.0. The van der Waals surface area contributed by atoms with Gasteiger partial charge in [0.25, 0.3) is 0 Å². The van der Waals surface area contributed by atoms with Gasteiger partial charge < -0.3 is 9.64 Å². The smallest absolute Gasteiger partial charge is 0.182 e. The van der Waals surface area contributed by atoms with Crippen LogP contribution in [0.25, 0.3) is 11.2 Å². The minimum atomic E-state index is -1.16. The van der Waals surface area contributed by atoms with Crippen molar-refractivity contribution in [3.63, 3.8) is 0 Å². The molecule has 2 saturated heterocycles. The summed E-state index contributed by atoms with van der Waals surface area (Å²) >= 11 is 2.24. The molecular weight excluding hydrogens is 591 g/mol. The molecule has 0 saturated carbocycles. The molecule has 194 valence electrons. The van der Waals surface area contributed by atoms with Gasteiger partial charge in [-0.2, -0.15) is 10.2 Å². The van der Waals surface area contributed by atoms with Gasteiger partial charge in [0, 0.05) is 37.9 Å². The molecule has 36 heavy (non-hydrogen) atoms. The van der Waals surface area contributed by atoms with E-state index >= 15 is 0 Å². The molecule has 3 aromatic rings. The Morgan fingerprint density at radius 2 is 2.06 bits per heavy atom. The van der Waals surface area contributed by atoms with Crippen molar-refractivity contribution in [2.24, 2.45) is 5.41 Å². The average molecular weight is 625 g/mol. The maximum atomic E-state index is 13.1. The van der Waals surface area contributed by atoms with Gasteiger partial charge in [-0.15, -0.1) is 0 Å². The Morgan fingerprint density at radius 3 is 2.78 bits per heavy atom. The molecule has 1 spiro atoms. The van der Waals surface area contributed by atoms with Crippen LogP contribution in [-0.2, 0) is 22.3 Å². The summed E-state index contributed by atoms with van der Waals surface area (Å²) in [6.07, 6.45) is 8.74. The molecule has 0 amide bonds. The number of fused-ring (bicyclic) bond motifs is 2. The summed E-state index contributed by atoms with van der Waals surface area (Å²) < 4.78 is 27.1. The molecule has 3 atom stereocenters. The van der Waals surface area contributed by atoms with Crippen molar-refractivity contribution in [2.75, 3.05) is 24.6 Å². The molecule has 1 N–H and O–H groups in total. The van der Waals surface area contributed by atoms with E-state index in [4.69, 9.17) is 19.8 Å². The highest BCUT2D eigenvalue weighted by atomic mass is 127. The van der Waals surface area contributed by atoms with E-state index in [1.165, 1.54) is 0 Å². The Kier molecular flexibility index (Phi) is 6.36. The second-order valence-electron chi connectivity index (χ2n) is 11.2. The maximum Gasteiger partial charge on any atom is 0.182 e. The molecule has 2 fully saturated rings. The Morgan fingerprint density at radius 1 is 1.25 bits per heavy atom. The first-order valence-electron chi connectivity index (χ1n) is 12.7. The van der Waals surface area contributed by atoms with E-state index in [0.717, 1.165) is 84.7 Å². The van der Waals surface area contributed by atoms with Crippen molar-refractivity contribution in [1.29, 1.82) is 0 Å². The van der Waals surface area contributed by atoms with Crippen molar-refractivity contribution >= 4 is 50.6 Å². The number of nitrogens with one attached hydrogen (secondary N) is 1. The number of nitrogens with zero attached hydrogens (tertiary/aromatic N) is 7. The summed E-state index contributed by atoms with van der Waals surface area (Å²) in [6.45, 7) is 9.35.